The Hall–Kier alpha value is -4.98. The summed E-state index contributed by atoms with van der Waals surface area (Å²) in [7, 11) is -2.29. The number of nitrogens with zero attached hydrogens (tertiary/aromatic N) is 2. The summed E-state index contributed by atoms with van der Waals surface area (Å²) >= 11 is 0. The monoisotopic (exact) mass is 885 g/mol. The predicted octanol–water partition coefficient (Wildman–Crippen LogP) is 7.98. The summed E-state index contributed by atoms with van der Waals surface area (Å²) in [6.07, 6.45) is 6.39. The Morgan fingerprint density at radius 2 is 1.70 bits per heavy atom. The highest BCUT2D eigenvalue weighted by Gasteiger charge is 2.61. The molecule has 2 aliphatic heterocycles. The van der Waals surface area contributed by atoms with Crippen molar-refractivity contribution >= 4 is 44.4 Å². The molecule has 3 fully saturated rings. The lowest BCUT2D eigenvalue weighted by molar-refractivity contribution is -0.160. The molecule has 7 rings (SSSR count). The Balaban J connectivity index is 1.25. The molecule has 340 valence electrons. The fraction of sp³-hybridized carbons (Fsp3) is 0.571. The number of ketones is 1. The Labute approximate surface area is 371 Å². The van der Waals surface area contributed by atoms with Crippen molar-refractivity contribution in [1.29, 1.82) is 0 Å². The molecule has 2 saturated carbocycles. The summed E-state index contributed by atoms with van der Waals surface area (Å²) in [6.45, 7) is 13.4. The number of sulfonamides is 1. The molecule has 2 aliphatic carbocycles. The molecule has 2 aromatic carbocycles. The van der Waals surface area contributed by atoms with E-state index in [2.05, 4.69) is 11.6 Å². The number of ether oxygens (including phenoxy) is 4. The Bertz CT molecular complexity index is 2350. The first-order chi connectivity index (χ1) is 29.7. The molecule has 3 aromatic rings. The molecule has 4 aliphatic rings. The number of amides is 2. The van der Waals surface area contributed by atoms with Crippen LogP contribution in [0.4, 0.5) is 0 Å². The van der Waals surface area contributed by atoms with Crippen molar-refractivity contribution in [1.82, 2.24) is 14.6 Å². The molecule has 2 amide bonds. The Morgan fingerprint density at radius 1 is 0.984 bits per heavy atom. The molecule has 1 saturated heterocycles. The highest BCUT2D eigenvalue weighted by molar-refractivity contribution is 7.90. The summed E-state index contributed by atoms with van der Waals surface area (Å²) in [5.41, 5.74) is -0.601. The number of rotatable bonds is 11. The van der Waals surface area contributed by atoms with Gasteiger partial charge in [-0.05, 0) is 145 Å². The molecule has 0 bridgehead atoms. The van der Waals surface area contributed by atoms with Crippen LogP contribution < -0.4 is 18.9 Å². The van der Waals surface area contributed by atoms with E-state index >= 15 is 4.79 Å². The van der Waals surface area contributed by atoms with Crippen LogP contribution in [0.1, 0.15) is 106 Å². The molecule has 7 atom stereocenters. The third-order valence-corrected chi connectivity index (χ3v) is 14.6. The van der Waals surface area contributed by atoms with Crippen LogP contribution in [-0.2, 0) is 33.9 Å². The van der Waals surface area contributed by atoms with E-state index in [0.29, 0.717) is 54.8 Å². The number of nitrogens with one attached hydrogen (secondary N) is 1. The van der Waals surface area contributed by atoms with Gasteiger partial charge in [0.2, 0.25) is 27.7 Å². The molecule has 0 unspecified atom stereocenters. The van der Waals surface area contributed by atoms with Crippen molar-refractivity contribution in [2.45, 2.75) is 135 Å². The molecule has 0 spiro atoms. The zero-order valence-corrected chi connectivity index (χ0v) is 38.7. The summed E-state index contributed by atoms with van der Waals surface area (Å²) < 4.78 is 52.4. The van der Waals surface area contributed by atoms with Crippen LogP contribution >= 0.6 is 0 Å². The maximum Gasteiger partial charge on any atom is 0.307 e. The second-order valence-electron chi connectivity index (χ2n) is 19.6. The minimum absolute atomic E-state index is 0.00886. The smallest absolute Gasteiger partial charge is 0.307 e. The SMILES string of the molecule is COc1ccc2c(O[C@@H]3C[C@H]4C(=O)C[C@]5(C(=O)NS(=O)(=O)C6CC6)C[C@H]5/C=C\CC[C@@H](C)C[C@@H](C)[C@H](CC(=O)OC(C)(C)C)C(=O)N4C3)nc(-c3ccc(OC(C)C)cc3)cc2c1. The van der Waals surface area contributed by atoms with Gasteiger partial charge in [-0.2, -0.15) is 0 Å². The second-order valence-corrected chi connectivity index (χ2v) is 21.5. The number of esters is 1. The zero-order chi connectivity index (χ0) is 45.4. The van der Waals surface area contributed by atoms with Crippen molar-refractivity contribution in [3.05, 3.63) is 60.7 Å². The maximum absolute atomic E-state index is 15.1. The highest BCUT2D eigenvalue weighted by Crippen LogP contribution is 2.57. The van der Waals surface area contributed by atoms with Crippen LogP contribution in [0.25, 0.3) is 22.0 Å². The fourth-order valence-corrected chi connectivity index (χ4v) is 10.6. The van der Waals surface area contributed by atoms with E-state index in [1.54, 1.807) is 27.9 Å². The van der Waals surface area contributed by atoms with Gasteiger partial charge in [0, 0.05) is 23.8 Å². The van der Waals surface area contributed by atoms with E-state index < -0.39 is 56.2 Å². The van der Waals surface area contributed by atoms with E-state index in [9.17, 15) is 22.8 Å². The van der Waals surface area contributed by atoms with Gasteiger partial charge < -0.3 is 23.8 Å². The number of Topliss-reactive ketones (excluding diaryl/α,β-unsaturated/α-hetero) is 1. The normalized spacial score (nSPS) is 27.4. The van der Waals surface area contributed by atoms with Gasteiger partial charge >= 0.3 is 5.97 Å². The minimum Gasteiger partial charge on any atom is -0.497 e. The number of hydrogen-bond donors (Lipinski definition) is 1. The topological polar surface area (TPSA) is 167 Å². The lowest BCUT2D eigenvalue weighted by atomic mass is 9.82. The van der Waals surface area contributed by atoms with Crippen LogP contribution in [0, 0.1) is 29.1 Å². The number of pyridine rings is 1. The number of fused-ring (bicyclic) bond motifs is 3. The third-order valence-electron chi connectivity index (χ3n) is 12.8. The summed E-state index contributed by atoms with van der Waals surface area (Å²) in [4.78, 5) is 64.0. The first kappa shape index (κ1) is 46.0. The van der Waals surface area contributed by atoms with Gasteiger partial charge in [0.1, 0.15) is 23.2 Å². The van der Waals surface area contributed by atoms with Crippen LogP contribution in [0.3, 0.4) is 0 Å². The first-order valence-electron chi connectivity index (χ1n) is 22.5. The summed E-state index contributed by atoms with van der Waals surface area (Å²) in [6, 6.07) is 14.1. The Kier molecular flexibility index (Phi) is 13.3. The molecule has 3 heterocycles. The molecular formula is C49H63N3O10S. The van der Waals surface area contributed by atoms with Crippen molar-refractivity contribution in [3.8, 4) is 28.6 Å². The quantitative estimate of drug-likeness (QED) is 0.147. The molecular weight excluding hydrogens is 823 g/mol. The number of carbonyl (C=O) groups excluding carboxylic acids is 4. The van der Waals surface area contributed by atoms with E-state index in [1.807, 2.05) is 81.5 Å². The van der Waals surface area contributed by atoms with Crippen molar-refractivity contribution in [3.63, 3.8) is 0 Å². The fourth-order valence-electron chi connectivity index (χ4n) is 9.25. The standard InChI is InChI=1S/C49H63N3O10S/c1-29(2)60-35-15-13-32(14-16-35)41-23-33-22-36(59-8)17-20-39(33)45(50-41)61-37-24-42-43(53)27-49(47(56)51-63(57,58)38-18-19-38)26-34(49)12-10-9-11-30(3)21-31(4)40(46(55)52(42)28-37)25-44(54)62-48(5,6)7/h10,12-17,20,22-23,29-31,34,37-38,40,42H,9,11,18-19,21,24-28H2,1-8H3,(H,51,56)/b12-10-/t30-,31-,34-,37-,40+,42+,49-/m1/s1. The van der Waals surface area contributed by atoms with Crippen molar-refractivity contribution in [2.24, 2.45) is 29.1 Å². The largest absolute Gasteiger partial charge is 0.497 e. The average Bonchev–Trinajstić information content (AvgIpc) is 4.14. The van der Waals surface area contributed by atoms with E-state index in [4.69, 9.17) is 23.9 Å². The predicted molar refractivity (Wildman–Crippen MR) is 240 cm³/mol. The summed E-state index contributed by atoms with van der Waals surface area (Å²) in [5.74, 6) is -1.42. The lowest BCUT2D eigenvalue weighted by Gasteiger charge is -2.32. The van der Waals surface area contributed by atoms with Gasteiger partial charge in [-0.3, -0.25) is 23.9 Å². The Morgan fingerprint density at radius 3 is 2.37 bits per heavy atom. The van der Waals surface area contributed by atoms with Crippen molar-refractivity contribution in [2.75, 3.05) is 13.7 Å². The van der Waals surface area contributed by atoms with Crippen LogP contribution in [-0.4, -0.2) is 84.6 Å². The van der Waals surface area contributed by atoms with Gasteiger partial charge in [-0.1, -0.05) is 26.0 Å². The molecule has 63 heavy (non-hydrogen) atoms. The van der Waals surface area contributed by atoms with E-state index in [-0.39, 0.29) is 61.4 Å². The number of aromatic nitrogens is 1. The maximum atomic E-state index is 15.1. The van der Waals surface area contributed by atoms with Gasteiger partial charge in [0.15, 0.2) is 5.78 Å². The van der Waals surface area contributed by atoms with Crippen LogP contribution in [0.2, 0.25) is 0 Å². The number of allylic oxidation sites excluding steroid dienone is 2. The summed E-state index contributed by atoms with van der Waals surface area (Å²) in [5, 5.41) is 0.892. The van der Waals surface area contributed by atoms with Gasteiger partial charge in [-0.25, -0.2) is 13.4 Å². The van der Waals surface area contributed by atoms with E-state index in [1.165, 1.54) is 4.90 Å². The molecule has 0 radical (unpaired) electrons. The van der Waals surface area contributed by atoms with Crippen molar-refractivity contribution < 1.29 is 46.5 Å². The highest BCUT2D eigenvalue weighted by atomic mass is 32.2. The third kappa shape index (κ3) is 10.9. The first-order valence-corrected chi connectivity index (χ1v) is 24.0. The number of carbonyl (C=O) groups is 4. The molecule has 13 nitrogen and oxygen atoms in total. The number of methoxy groups -OCH3 is 1. The molecule has 1 N–H and O–H groups in total. The lowest BCUT2D eigenvalue weighted by Crippen LogP contribution is -2.47. The minimum atomic E-state index is -3.88. The molecule has 1 aromatic heterocycles. The zero-order valence-electron chi connectivity index (χ0n) is 37.8. The van der Waals surface area contributed by atoms with Gasteiger partial charge in [0.25, 0.3) is 0 Å². The molecule has 14 heteroatoms. The number of hydrogen-bond acceptors (Lipinski definition) is 11. The second kappa shape index (κ2) is 18.3. The van der Waals surface area contributed by atoms with Crippen LogP contribution in [0.5, 0.6) is 17.4 Å². The van der Waals surface area contributed by atoms with Gasteiger partial charge in [-0.15, -0.1) is 0 Å². The average molecular weight is 886 g/mol. The van der Waals surface area contributed by atoms with E-state index in [0.717, 1.165) is 23.1 Å². The van der Waals surface area contributed by atoms with Crippen LogP contribution in [0.15, 0.2) is 60.7 Å². The van der Waals surface area contributed by atoms with Gasteiger partial charge in [0.05, 0.1) is 54.5 Å². The number of benzene rings is 2.